The molecule has 2 rings (SSSR count). The Labute approximate surface area is 93.1 Å². The number of aromatic amines is 1. The fourth-order valence-electron chi connectivity index (χ4n) is 1.19. The van der Waals surface area contributed by atoms with Gasteiger partial charge in [0, 0.05) is 15.0 Å². The Morgan fingerprint density at radius 3 is 2.85 bits per heavy atom. The van der Waals surface area contributed by atoms with Gasteiger partial charge in [-0.05, 0) is 40.8 Å². The lowest BCUT2D eigenvalue weighted by molar-refractivity contribution is 1.31. The molecule has 1 heterocycles. The highest BCUT2D eigenvalue weighted by Gasteiger charge is 2.00. The van der Waals surface area contributed by atoms with Gasteiger partial charge in [0.25, 0.3) is 0 Å². The zero-order valence-corrected chi connectivity index (χ0v) is 9.39. The Morgan fingerprint density at radius 1 is 1.31 bits per heavy atom. The van der Waals surface area contributed by atoms with E-state index in [2.05, 4.69) is 27.6 Å². The minimum Gasteiger partial charge on any atom is -0.321 e. The van der Waals surface area contributed by atoms with Crippen molar-refractivity contribution in [2.75, 3.05) is 0 Å². The van der Waals surface area contributed by atoms with E-state index in [-0.39, 0.29) is 5.56 Å². The average molecular weight is 306 g/mol. The third kappa shape index (κ3) is 1.71. The maximum Gasteiger partial charge on any atom is 0.248 e. The molecule has 1 N–H and O–H groups in total. The first-order valence-electron chi connectivity index (χ1n) is 3.65. The third-order valence-electron chi connectivity index (χ3n) is 1.75. The molecule has 0 aliphatic carbocycles. The Balaban J connectivity index is 2.95. The van der Waals surface area contributed by atoms with E-state index < -0.39 is 0 Å². The van der Waals surface area contributed by atoms with Gasteiger partial charge in [0.15, 0.2) is 0 Å². The van der Waals surface area contributed by atoms with Crippen LogP contribution in [-0.2, 0) is 0 Å². The number of halogens is 2. The fourth-order valence-corrected chi connectivity index (χ4v) is 2.29. The Kier molecular flexibility index (Phi) is 2.29. The predicted octanol–water partition coefficient (Wildman–Crippen LogP) is 2.79. The number of aromatic nitrogens is 1. The predicted molar refractivity (Wildman–Crippen MR) is 62.3 cm³/mol. The molecule has 4 heteroatoms. The molecule has 0 radical (unpaired) electrons. The normalized spacial score (nSPS) is 10.6. The van der Waals surface area contributed by atoms with Crippen molar-refractivity contribution in [2.45, 2.75) is 0 Å². The van der Waals surface area contributed by atoms with E-state index in [0.717, 1.165) is 8.96 Å². The van der Waals surface area contributed by atoms with Crippen LogP contribution in [0.15, 0.2) is 29.1 Å². The third-order valence-corrected chi connectivity index (χ3v) is 2.67. The van der Waals surface area contributed by atoms with E-state index in [1.54, 1.807) is 6.07 Å². The summed E-state index contributed by atoms with van der Waals surface area (Å²) in [6.45, 7) is 0. The molecule has 0 saturated carbocycles. The summed E-state index contributed by atoms with van der Waals surface area (Å²) >= 11 is 8.15. The van der Waals surface area contributed by atoms with Crippen LogP contribution >= 0.6 is 34.2 Å². The van der Waals surface area contributed by atoms with Crippen molar-refractivity contribution in [2.24, 2.45) is 0 Å². The van der Waals surface area contributed by atoms with Crippen molar-refractivity contribution in [1.29, 1.82) is 0 Å². The summed E-state index contributed by atoms with van der Waals surface area (Å²) in [4.78, 5) is 13.7. The lowest BCUT2D eigenvalue weighted by Crippen LogP contribution is -2.02. The molecule has 0 spiro atoms. The number of H-pyrrole nitrogens is 1. The molecule has 0 saturated heterocycles. The van der Waals surface area contributed by atoms with E-state index >= 15 is 0 Å². The van der Waals surface area contributed by atoms with Gasteiger partial charge in [0.1, 0.15) is 0 Å². The molecule has 0 bridgehead atoms. The molecule has 1 aromatic heterocycles. The standard InChI is InChI=1S/C9H5ClINO/c10-7-4-6(11)3-5-1-2-8(13)12-9(5)7/h1-4H,(H,12,13). The fraction of sp³-hybridized carbons (Fsp3) is 0. The summed E-state index contributed by atoms with van der Waals surface area (Å²) in [5.74, 6) is 0. The molecule has 0 amide bonds. The number of benzene rings is 1. The number of hydrogen-bond acceptors (Lipinski definition) is 1. The SMILES string of the molecule is O=c1ccc2cc(I)cc(Cl)c2[nH]1. The molecule has 2 nitrogen and oxygen atoms in total. The maximum absolute atomic E-state index is 11.0. The smallest absolute Gasteiger partial charge is 0.248 e. The highest BCUT2D eigenvalue weighted by Crippen LogP contribution is 2.23. The van der Waals surface area contributed by atoms with Crippen LogP contribution in [0.1, 0.15) is 0 Å². The topological polar surface area (TPSA) is 32.9 Å². The average Bonchev–Trinajstić information content (AvgIpc) is 2.06. The van der Waals surface area contributed by atoms with Crippen molar-refractivity contribution in [3.05, 3.63) is 43.2 Å². The van der Waals surface area contributed by atoms with E-state index in [1.165, 1.54) is 6.07 Å². The lowest BCUT2D eigenvalue weighted by atomic mass is 10.2. The maximum atomic E-state index is 11.0. The molecule has 13 heavy (non-hydrogen) atoms. The van der Waals surface area contributed by atoms with Crippen molar-refractivity contribution < 1.29 is 0 Å². The van der Waals surface area contributed by atoms with Gasteiger partial charge in [0.2, 0.25) is 5.56 Å². The molecule has 1 aromatic carbocycles. The molecular weight excluding hydrogens is 300 g/mol. The molecular formula is C9H5ClINO. The summed E-state index contributed by atoms with van der Waals surface area (Å²) in [7, 11) is 0. The first-order valence-corrected chi connectivity index (χ1v) is 5.10. The van der Waals surface area contributed by atoms with E-state index in [0.29, 0.717) is 10.5 Å². The monoisotopic (exact) mass is 305 g/mol. The summed E-state index contributed by atoms with van der Waals surface area (Å²) in [6, 6.07) is 7.05. The highest BCUT2D eigenvalue weighted by atomic mass is 127. The molecule has 0 aliphatic rings. The zero-order valence-electron chi connectivity index (χ0n) is 6.47. The number of rotatable bonds is 0. The van der Waals surface area contributed by atoms with Crippen molar-refractivity contribution in [1.82, 2.24) is 4.98 Å². The van der Waals surface area contributed by atoms with Crippen LogP contribution in [0.25, 0.3) is 10.9 Å². The molecule has 0 fully saturated rings. The number of pyridine rings is 1. The first-order chi connectivity index (χ1) is 6.16. The van der Waals surface area contributed by atoms with Crippen LogP contribution in [0.3, 0.4) is 0 Å². The first kappa shape index (κ1) is 9.02. The summed E-state index contributed by atoms with van der Waals surface area (Å²) in [5, 5.41) is 1.54. The summed E-state index contributed by atoms with van der Waals surface area (Å²) in [5.41, 5.74) is 0.574. The second-order valence-corrected chi connectivity index (χ2v) is 4.33. The van der Waals surface area contributed by atoms with Gasteiger partial charge in [-0.25, -0.2) is 0 Å². The quantitative estimate of drug-likeness (QED) is 0.746. The molecule has 0 aliphatic heterocycles. The van der Waals surface area contributed by atoms with Crippen LogP contribution in [0.4, 0.5) is 0 Å². The van der Waals surface area contributed by atoms with Gasteiger partial charge in [-0.2, -0.15) is 0 Å². The number of fused-ring (bicyclic) bond motifs is 1. The van der Waals surface area contributed by atoms with Gasteiger partial charge in [-0.15, -0.1) is 0 Å². The summed E-state index contributed by atoms with van der Waals surface area (Å²) < 4.78 is 1.06. The van der Waals surface area contributed by atoms with Crippen LogP contribution in [0, 0.1) is 3.57 Å². The molecule has 0 unspecified atom stereocenters. The molecule has 66 valence electrons. The second-order valence-electron chi connectivity index (χ2n) is 2.67. The van der Waals surface area contributed by atoms with Gasteiger partial charge in [0.05, 0.1) is 10.5 Å². The zero-order chi connectivity index (χ0) is 9.42. The van der Waals surface area contributed by atoms with Crippen molar-refractivity contribution in [3.8, 4) is 0 Å². The van der Waals surface area contributed by atoms with Crippen LogP contribution < -0.4 is 5.56 Å². The second kappa shape index (κ2) is 3.31. The van der Waals surface area contributed by atoms with Gasteiger partial charge < -0.3 is 4.98 Å². The molecule has 0 atom stereocenters. The van der Waals surface area contributed by atoms with E-state index in [4.69, 9.17) is 11.6 Å². The number of nitrogens with one attached hydrogen (secondary N) is 1. The lowest BCUT2D eigenvalue weighted by Gasteiger charge is -2.00. The van der Waals surface area contributed by atoms with Crippen molar-refractivity contribution in [3.63, 3.8) is 0 Å². The highest BCUT2D eigenvalue weighted by molar-refractivity contribution is 14.1. The minimum atomic E-state index is -0.129. The van der Waals surface area contributed by atoms with E-state index in [9.17, 15) is 4.79 Å². The van der Waals surface area contributed by atoms with E-state index in [1.807, 2.05) is 12.1 Å². The molecule has 2 aromatic rings. The van der Waals surface area contributed by atoms with Crippen LogP contribution in [0.2, 0.25) is 5.02 Å². The Hall–Kier alpha value is -0.550. The van der Waals surface area contributed by atoms with Gasteiger partial charge >= 0.3 is 0 Å². The Bertz CT molecular complexity index is 520. The summed E-state index contributed by atoms with van der Waals surface area (Å²) in [6.07, 6.45) is 0. The largest absolute Gasteiger partial charge is 0.321 e. The van der Waals surface area contributed by atoms with Crippen LogP contribution in [-0.4, -0.2) is 4.98 Å². The number of hydrogen-bond donors (Lipinski definition) is 1. The minimum absolute atomic E-state index is 0.129. The van der Waals surface area contributed by atoms with Gasteiger partial charge in [-0.3, -0.25) is 4.79 Å². The van der Waals surface area contributed by atoms with Crippen LogP contribution in [0.5, 0.6) is 0 Å². The van der Waals surface area contributed by atoms with Gasteiger partial charge in [-0.1, -0.05) is 11.6 Å². The Morgan fingerprint density at radius 2 is 2.08 bits per heavy atom. The van der Waals surface area contributed by atoms with Crippen molar-refractivity contribution >= 4 is 45.1 Å².